The Labute approximate surface area is 92.8 Å². The average Bonchev–Trinajstić information content (AvgIpc) is 2.67. The molecule has 84 valence electrons. The lowest BCUT2D eigenvalue weighted by Crippen LogP contribution is -1.97. The van der Waals surface area contributed by atoms with Crippen molar-refractivity contribution in [2.45, 2.75) is 20.5 Å². The van der Waals surface area contributed by atoms with Crippen molar-refractivity contribution in [3.8, 4) is 5.75 Å². The molecule has 1 aromatic carbocycles. The van der Waals surface area contributed by atoms with Gasteiger partial charge in [0, 0.05) is 6.07 Å². The molecule has 0 aliphatic rings. The molecule has 0 aliphatic carbocycles. The van der Waals surface area contributed by atoms with E-state index < -0.39 is 0 Å². The monoisotopic (exact) mass is 221 g/mol. The molecule has 1 heterocycles. The fourth-order valence-corrected chi connectivity index (χ4v) is 1.37. The van der Waals surface area contributed by atoms with Gasteiger partial charge in [-0.25, -0.2) is 4.39 Å². The summed E-state index contributed by atoms with van der Waals surface area (Å²) in [7, 11) is 0. The molecule has 0 unspecified atom stereocenters. The summed E-state index contributed by atoms with van der Waals surface area (Å²) < 4.78 is 23.8. The van der Waals surface area contributed by atoms with E-state index in [1.807, 2.05) is 6.92 Å². The minimum Gasteiger partial charge on any atom is -0.482 e. The van der Waals surface area contributed by atoms with Gasteiger partial charge in [0.2, 0.25) is 0 Å². The Morgan fingerprint density at radius 1 is 1.38 bits per heavy atom. The van der Waals surface area contributed by atoms with Gasteiger partial charge in [-0.1, -0.05) is 17.3 Å². The number of ether oxygens (including phenoxy) is 1. The van der Waals surface area contributed by atoms with Gasteiger partial charge in [-0.2, -0.15) is 0 Å². The highest BCUT2D eigenvalue weighted by molar-refractivity contribution is 5.30. The number of hydrogen-bond donors (Lipinski definition) is 0. The van der Waals surface area contributed by atoms with Crippen molar-refractivity contribution in [1.82, 2.24) is 5.16 Å². The second-order valence-corrected chi connectivity index (χ2v) is 3.61. The van der Waals surface area contributed by atoms with Gasteiger partial charge >= 0.3 is 0 Å². The van der Waals surface area contributed by atoms with Crippen LogP contribution in [0.25, 0.3) is 0 Å². The second kappa shape index (κ2) is 4.35. The summed E-state index contributed by atoms with van der Waals surface area (Å²) in [6, 6.07) is 6.79. The first-order chi connectivity index (χ1) is 7.66. The summed E-state index contributed by atoms with van der Waals surface area (Å²) in [6.45, 7) is 3.70. The summed E-state index contributed by atoms with van der Waals surface area (Å²) in [5.74, 6) is 0.478. The van der Waals surface area contributed by atoms with Crippen molar-refractivity contribution >= 4 is 0 Å². The van der Waals surface area contributed by atoms with E-state index in [1.165, 1.54) is 0 Å². The summed E-state index contributed by atoms with van der Waals surface area (Å²) in [5, 5.41) is 3.72. The summed E-state index contributed by atoms with van der Waals surface area (Å²) >= 11 is 0. The zero-order chi connectivity index (χ0) is 11.5. The predicted octanol–water partition coefficient (Wildman–Crippen LogP) is 3.01. The molecule has 0 fully saturated rings. The Bertz CT molecular complexity index is 494. The highest BCUT2D eigenvalue weighted by Crippen LogP contribution is 2.20. The molecule has 0 aliphatic heterocycles. The van der Waals surface area contributed by atoms with E-state index in [9.17, 15) is 4.39 Å². The zero-order valence-corrected chi connectivity index (χ0v) is 9.16. The summed E-state index contributed by atoms with van der Waals surface area (Å²) in [5.41, 5.74) is 1.34. The van der Waals surface area contributed by atoms with Gasteiger partial charge in [0.25, 0.3) is 0 Å². The number of halogens is 1. The molecular weight excluding hydrogens is 209 g/mol. The minimum absolute atomic E-state index is 0.182. The molecule has 3 nitrogen and oxygen atoms in total. The Kier molecular flexibility index (Phi) is 2.90. The summed E-state index contributed by atoms with van der Waals surface area (Å²) in [6.07, 6.45) is 0. The fraction of sp³-hybridized carbons (Fsp3) is 0.250. The standard InChI is InChI=1S/C12H12FNO2/c1-8-4-3-5-11(12(8)13)15-7-10-6-9(2)14-16-10/h3-6H,7H2,1-2H3. The van der Waals surface area contributed by atoms with Crippen molar-refractivity contribution in [2.24, 2.45) is 0 Å². The first-order valence-corrected chi connectivity index (χ1v) is 4.97. The third-order valence-corrected chi connectivity index (χ3v) is 2.20. The van der Waals surface area contributed by atoms with Crippen LogP contribution in [0.3, 0.4) is 0 Å². The average molecular weight is 221 g/mol. The van der Waals surface area contributed by atoms with Gasteiger partial charge in [0.1, 0.15) is 6.61 Å². The Morgan fingerprint density at radius 2 is 2.19 bits per heavy atom. The van der Waals surface area contributed by atoms with Crippen LogP contribution < -0.4 is 4.74 Å². The van der Waals surface area contributed by atoms with E-state index in [4.69, 9.17) is 9.26 Å². The normalized spacial score (nSPS) is 10.4. The topological polar surface area (TPSA) is 35.3 Å². The van der Waals surface area contributed by atoms with Gasteiger partial charge in [0.15, 0.2) is 17.3 Å². The zero-order valence-electron chi connectivity index (χ0n) is 9.16. The highest BCUT2D eigenvalue weighted by atomic mass is 19.1. The van der Waals surface area contributed by atoms with E-state index in [1.54, 1.807) is 31.2 Å². The van der Waals surface area contributed by atoms with Crippen LogP contribution in [-0.2, 0) is 6.61 Å². The van der Waals surface area contributed by atoms with Gasteiger partial charge in [0.05, 0.1) is 5.69 Å². The van der Waals surface area contributed by atoms with E-state index >= 15 is 0 Å². The lowest BCUT2D eigenvalue weighted by molar-refractivity contribution is 0.239. The Morgan fingerprint density at radius 3 is 2.88 bits per heavy atom. The quantitative estimate of drug-likeness (QED) is 0.799. The van der Waals surface area contributed by atoms with Crippen LogP contribution in [0.15, 0.2) is 28.8 Å². The number of rotatable bonds is 3. The maximum Gasteiger partial charge on any atom is 0.174 e. The molecule has 2 rings (SSSR count). The second-order valence-electron chi connectivity index (χ2n) is 3.61. The van der Waals surface area contributed by atoms with Crippen molar-refractivity contribution in [3.63, 3.8) is 0 Å². The van der Waals surface area contributed by atoms with Crippen molar-refractivity contribution in [1.29, 1.82) is 0 Å². The van der Waals surface area contributed by atoms with Crippen LogP contribution >= 0.6 is 0 Å². The molecule has 16 heavy (non-hydrogen) atoms. The molecule has 0 radical (unpaired) electrons. The first kappa shape index (κ1) is 10.7. The minimum atomic E-state index is -0.335. The van der Waals surface area contributed by atoms with Crippen molar-refractivity contribution in [3.05, 3.63) is 47.1 Å². The molecule has 0 atom stereocenters. The molecule has 0 saturated heterocycles. The number of nitrogens with zero attached hydrogens (tertiary/aromatic N) is 1. The lowest BCUT2D eigenvalue weighted by atomic mass is 10.2. The van der Waals surface area contributed by atoms with Gasteiger partial charge in [-0.15, -0.1) is 0 Å². The van der Waals surface area contributed by atoms with Gasteiger partial charge in [-0.05, 0) is 25.5 Å². The number of aromatic nitrogens is 1. The van der Waals surface area contributed by atoms with Gasteiger partial charge < -0.3 is 9.26 Å². The third-order valence-electron chi connectivity index (χ3n) is 2.20. The lowest BCUT2D eigenvalue weighted by Gasteiger charge is -2.06. The van der Waals surface area contributed by atoms with Crippen LogP contribution in [0.2, 0.25) is 0 Å². The molecule has 0 N–H and O–H groups in total. The smallest absolute Gasteiger partial charge is 0.174 e. The predicted molar refractivity (Wildman–Crippen MR) is 56.7 cm³/mol. The van der Waals surface area contributed by atoms with E-state index in [0.29, 0.717) is 11.3 Å². The molecule has 0 amide bonds. The van der Waals surface area contributed by atoms with Crippen LogP contribution in [0.5, 0.6) is 5.75 Å². The number of benzene rings is 1. The van der Waals surface area contributed by atoms with E-state index in [2.05, 4.69) is 5.16 Å². The first-order valence-electron chi connectivity index (χ1n) is 4.97. The molecular formula is C12H12FNO2. The van der Waals surface area contributed by atoms with Crippen molar-refractivity contribution in [2.75, 3.05) is 0 Å². The summed E-state index contributed by atoms with van der Waals surface area (Å²) in [4.78, 5) is 0. The van der Waals surface area contributed by atoms with Gasteiger partial charge in [-0.3, -0.25) is 0 Å². The molecule has 1 aromatic heterocycles. The number of hydrogen-bond acceptors (Lipinski definition) is 3. The maximum atomic E-state index is 13.5. The molecule has 0 saturated carbocycles. The van der Waals surface area contributed by atoms with Crippen LogP contribution in [0.4, 0.5) is 4.39 Å². The third kappa shape index (κ3) is 2.21. The highest BCUT2D eigenvalue weighted by Gasteiger charge is 2.07. The molecule has 0 spiro atoms. The Hall–Kier alpha value is -1.84. The van der Waals surface area contributed by atoms with E-state index in [0.717, 1.165) is 5.69 Å². The molecule has 0 bridgehead atoms. The fourth-order valence-electron chi connectivity index (χ4n) is 1.37. The molecule has 4 heteroatoms. The van der Waals surface area contributed by atoms with Crippen LogP contribution in [-0.4, -0.2) is 5.16 Å². The van der Waals surface area contributed by atoms with E-state index in [-0.39, 0.29) is 18.2 Å². The molecule has 2 aromatic rings. The number of aryl methyl sites for hydroxylation is 2. The Balaban J connectivity index is 2.07. The largest absolute Gasteiger partial charge is 0.482 e. The van der Waals surface area contributed by atoms with Crippen LogP contribution in [0.1, 0.15) is 17.0 Å². The van der Waals surface area contributed by atoms with Crippen LogP contribution in [0, 0.1) is 19.7 Å². The maximum absolute atomic E-state index is 13.5. The van der Waals surface area contributed by atoms with Crippen molar-refractivity contribution < 1.29 is 13.7 Å². The SMILES string of the molecule is Cc1cc(COc2cccc(C)c2F)on1.